The van der Waals surface area contributed by atoms with Gasteiger partial charge in [0.25, 0.3) is 5.91 Å². The molecule has 1 aliphatic rings. The number of carbonyl (C=O) groups excluding carboxylic acids is 1. The quantitative estimate of drug-likeness (QED) is 0.840. The minimum absolute atomic E-state index is 0.126. The smallest absolute Gasteiger partial charge is 0.308 e. The van der Waals surface area contributed by atoms with Gasteiger partial charge in [-0.3, -0.25) is 9.59 Å². The zero-order chi connectivity index (χ0) is 14.7. The molecule has 7 heteroatoms. The number of carbonyl (C=O) groups is 2. The predicted molar refractivity (Wildman–Crippen MR) is 75.1 cm³/mol. The highest BCUT2D eigenvalue weighted by Crippen LogP contribution is 2.25. The molecule has 0 saturated heterocycles. The van der Waals surface area contributed by atoms with Crippen LogP contribution in [0.2, 0.25) is 10.3 Å². The molecule has 2 unspecified atom stereocenters. The van der Waals surface area contributed by atoms with Crippen LogP contribution in [0.3, 0.4) is 0 Å². The van der Waals surface area contributed by atoms with Gasteiger partial charge in [0, 0.05) is 11.6 Å². The summed E-state index contributed by atoms with van der Waals surface area (Å²) in [5.74, 6) is -1.80. The molecule has 1 aromatic heterocycles. The fourth-order valence-electron chi connectivity index (χ4n) is 2.45. The van der Waals surface area contributed by atoms with E-state index in [2.05, 4.69) is 10.3 Å². The van der Waals surface area contributed by atoms with Gasteiger partial charge in [-0.05, 0) is 25.0 Å². The van der Waals surface area contributed by atoms with Crippen LogP contribution in [0.1, 0.15) is 36.0 Å². The molecular formula is C13H14Cl2N2O3. The number of hydrogen-bond donors (Lipinski definition) is 2. The largest absolute Gasteiger partial charge is 0.481 e. The first-order chi connectivity index (χ1) is 9.47. The SMILES string of the molecule is O=C(NC1CCCCC1C(=O)O)c1cc(Cl)nc(Cl)c1. The van der Waals surface area contributed by atoms with Crippen molar-refractivity contribution in [3.63, 3.8) is 0 Å². The van der Waals surface area contributed by atoms with Crippen LogP contribution in [-0.4, -0.2) is 28.0 Å². The summed E-state index contributed by atoms with van der Waals surface area (Å²) in [6.07, 6.45) is 3.02. The maximum absolute atomic E-state index is 12.1. The number of hydrogen-bond acceptors (Lipinski definition) is 3. The van der Waals surface area contributed by atoms with Gasteiger partial charge in [0.05, 0.1) is 5.92 Å². The maximum atomic E-state index is 12.1. The van der Waals surface area contributed by atoms with E-state index in [4.69, 9.17) is 23.2 Å². The van der Waals surface area contributed by atoms with Crippen LogP contribution in [0.25, 0.3) is 0 Å². The Bertz CT molecular complexity index is 516. The molecule has 1 fully saturated rings. The highest BCUT2D eigenvalue weighted by atomic mass is 35.5. The zero-order valence-corrected chi connectivity index (χ0v) is 12.1. The van der Waals surface area contributed by atoms with Crippen molar-refractivity contribution < 1.29 is 14.7 Å². The maximum Gasteiger partial charge on any atom is 0.308 e. The fourth-order valence-corrected chi connectivity index (χ4v) is 2.91. The van der Waals surface area contributed by atoms with E-state index in [1.54, 1.807) is 0 Å². The van der Waals surface area contributed by atoms with Gasteiger partial charge >= 0.3 is 5.97 Å². The first-order valence-corrected chi connectivity index (χ1v) is 7.09. The van der Waals surface area contributed by atoms with Crippen molar-refractivity contribution in [2.24, 2.45) is 5.92 Å². The number of pyridine rings is 1. The molecule has 20 heavy (non-hydrogen) atoms. The Morgan fingerprint density at radius 1 is 1.20 bits per heavy atom. The van der Waals surface area contributed by atoms with Gasteiger partial charge in [0.2, 0.25) is 0 Å². The van der Waals surface area contributed by atoms with Crippen molar-refractivity contribution in [1.82, 2.24) is 10.3 Å². The van der Waals surface area contributed by atoms with Crippen molar-refractivity contribution in [1.29, 1.82) is 0 Å². The third-order valence-corrected chi connectivity index (χ3v) is 3.81. The van der Waals surface area contributed by atoms with Crippen LogP contribution < -0.4 is 5.32 Å². The van der Waals surface area contributed by atoms with Crippen molar-refractivity contribution in [3.05, 3.63) is 28.0 Å². The van der Waals surface area contributed by atoms with Crippen LogP contribution in [0.5, 0.6) is 0 Å². The van der Waals surface area contributed by atoms with Crippen LogP contribution in [0.15, 0.2) is 12.1 Å². The van der Waals surface area contributed by atoms with Gasteiger partial charge in [-0.2, -0.15) is 0 Å². The van der Waals surface area contributed by atoms with E-state index in [0.717, 1.165) is 12.8 Å². The average Bonchev–Trinajstić information content (AvgIpc) is 2.37. The van der Waals surface area contributed by atoms with Gasteiger partial charge < -0.3 is 10.4 Å². The summed E-state index contributed by atoms with van der Waals surface area (Å²) in [7, 11) is 0. The second-order valence-electron chi connectivity index (χ2n) is 4.81. The first kappa shape index (κ1) is 15.1. The van der Waals surface area contributed by atoms with Gasteiger partial charge in [-0.1, -0.05) is 36.0 Å². The van der Waals surface area contributed by atoms with E-state index in [1.807, 2.05) is 0 Å². The number of aromatic nitrogens is 1. The number of rotatable bonds is 3. The van der Waals surface area contributed by atoms with E-state index in [0.29, 0.717) is 12.8 Å². The molecule has 1 aromatic rings. The Labute approximate surface area is 126 Å². The molecule has 108 valence electrons. The molecule has 0 aromatic carbocycles. The zero-order valence-electron chi connectivity index (χ0n) is 10.6. The third kappa shape index (κ3) is 3.61. The van der Waals surface area contributed by atoms with Crippen LogP contribution in [0.4, 0.5) is 0 Å². The molecule has 1 amide bonds. The summed E-state index contributed by atoms with van der Waals surface area (Å²) in [5, 5.41) is 12.2. The summed E-state index contributed by atoms with van der Waals surface area (Å²) in [6.45, 7) is 0. The molecule has 1 saturated carbocycles. The predicted octanol–water partition coefficient (Wildman–Crippen LogP) is 2.76. The van der Waals surface area contributed by atoms with Crippen molar-refractivity contribution in [2.45, 2.75) is 31.7 Å². The Balaban J connectivity index is 2.11. The Kier molecular flexibility index (Phi) is 4.83. The number of halogens is 2. The minimum atomic E-state index is -0.874. The lowest BCUT2D eigenvalue weighted by molar-refractivity contribution is -0.143. The molecule has 0 spiro atoms. The molecular weight excluding hydrogens is 303 g/mol. The van der Waals surface area contributed by atoms with Crippen molar-refractivity contribution in [3.8, 4) is 0 Å². The van der Waals surface area contributed by atoms with E-state index in [-0.39, 0.29) is 27.8 Å². The molecule has 1 heterocycles. The van der Waals surface area contributed by atoms with Gasteiger partial charge in [-0.25, -0.2) is 4.98 Å². The van der Waals surface area contributed by atoms with Crippen LogP contribution in [-0.2, 0) is 4.79 Å². The summed E-state index contributed by atoms with van der Waals surface area (Å²) >= 11 is 11.5. The van der Waals surface area contributed by atoms with Gasteiger partial charge in [-0.15, -0.1) is 0 Å². The van der Waals surface area contributed by atoms with Crippen molar-refractivity contribution in [2.75, 3.05) is 0 Å². The molecule has 0 radical (unpaired) electrons. The second-order valence-corrected chi connectivity index (χ2v) is 5.58. The van der Waals surface area contributed by atoms with E-state index in [1.165, 1.54) is 12.1 Å². The summed E-state index contributed by atoms with van der Waals surface area (Å²) < 4.78 is 0. The molecule has 1 aliphatic carbocycles. The molecule has 2 N–H and O–H groups in total. The molecule has 2 atom stereocenters. The Morgan fingerprint density at radius 3 is 2.40 bits per heavy atom. The standard InChI is InChI=1S/C13H14Cl2N2O3/c14-10-5-7(6-11(15)17-10)12(18)16-9-4-2-1-3-8(9)13(19)20/h5-6,8-9H,1-4H2,(H,16,18)(H,19,20). The summed E-state index contributed by atoms with van der Waals surface area (Å²) in [5.41, 5.74) is 0.282. The van der Waals surface area contributed by atoms with Crippen molar-refractivity contribution >= 4 is 35.1 Å². The highest BCUT2D eigenvalue weighted by Gasteiger charge is 2.32. The summed E-state index contributed by atoms with van der Waals surface area (Å²) in [4.78, 5) is 27.1. The lowest BCUT2D eigenvalue weighted by Crippen LogP contribution is -2.45. The molecule has 0 aliphatic heterocycles. The molecule has 0 bridgehead atoms. The summed E-state index contributed by atoms with van der Waals surface area (Å²) in [6, 6.07) is 2.45. The van der Waals surface area contributed by atoms with E-state index < -0.39 is 11.9 Å². The van der Waals surface area contributed by atoms with E-state index in [9.17, 15) is 14.7 Å². The third-order valence-electron chi connectivity index (χ3n) is 3.42. The second kappa shape index (κ2) is 6.41. The number of amides is 1. The Hall–Kier alpha value is -1.33. The number of carboxylic acids is 1. The normalized spacial score (nSPS) is 22.3. The van der Waals surface area contributed by atoms with E-state index >= 15 is 0 Å². The lowest BCUT2D eigenvalue weighted by Gasteiger charge is -2.29. The Morgan fingerprint density at radius 2 is 1.80 bits per heavy atom. The fraction of sp³-hybridized carbons (Fsp3) is 0.462. The number of aliphatic carboxylic acids is 1. The topological polar surface area (TPSA) is 79.3 Å². The number of carboxylic acid groups (broad SMARTS) is 1. The monoisotopic (exact) mass is 316 g/mol. The molecule has 2 rings (SSSR count). The molecule has 5 nitrogen and oxygen atoms in total. The van der Waals surface area contributed by atoms with Crippen LogP contribution >= 0.6 is 23.2 Å². The number of nitrogens with one attached hydrogen (secondary N) is 1. The lowest BCUT2D eigenvalue weighted by atomic mass is 9.84. The first-order valence-electron chi connectivity index (χ1n) is 6.34. The average molecular weight is 317 g/mol. The van der Waals surface area contributed by atoms with Gasteiger partial charge in [0.1, 0.15) is 10.3 Å². The number of nitrogens with zero attached hydrogens (tertiary/aromatic N) is 1. The van der Waals surface area contributed by atoms with Crippen LogP contribution in [0, 0.1) is 5.92 Å². The van der Waals surface area contributed by atoms with Gasteiger partial charge in [0.15, 0.2) is 0 Å². The highest BCUT2D eigenvalue weighted by molar-refractivity contribution is 6.33. The minimum Gasteiger partial charge on any atom is -0.481 e.